The Balaban J connectivity index is 2.14. The Morgan fingerprint density at radius 2 is 2.12 bits per heavy atom. The third kappa shape index (κ3) is 2.38. The molecule has 86 valence electrons. The van der Waals surface area contributed by atoms with Crippen LogP contribution >= 0.6 is 0 Å². The van der Waals surface area contributed by atoms with E-state index in [0.29, 0.717) is 11.5 Å². The Kier molecular flexibility index (Phi) is 2.66. The van der Waals surface area contributed by atoms with E-state index in [0.717, 1.165) is 18.4 Å². The van der Waals surface area contributed by atoms with Gasteiger partial charge in [0.25, 0.3) is 0 Å². The van der Waals surface area contributed by atoms with Gasteiger partial charge in [0, 0.05) is 6.42 Å². The van der Waals surface area contributed by atoms with Gasteiger partial charge in [-0.25, -0.2) is 4.79 Å². The second kappa shape index (κ2) is 3.85. The van der Waals surface area contributed by atoms with Gasteiger partial charge in [-0.1, -0.05) is 24.3 Å². The van der Waals surface area contributed by atoms with Crippen LogP contribution in [0.5, 0.6) is 0 Å². The highest BCUT2D eigenvalue weighted by Crippen LogP contribution is 2.40. The Morgan fingerprint density at radius 1 is 1.44 bits per heavy atom. The van der Waals surface area contributed by atoms with Gasteiger partial charge in [-0.05, 0) is 29.9 Å². The highest BCUT2D eigenvalue weighted by atomic mass is 19.3. The number of halogens is 2. The zero-order chi connectivity index (χ0) is 11.8. The van der Waals surface area contributed by atoms with Gasteiger partial charge in [0.2, 0.25) is 0 Å². The molecular formula is C12H12F2O2. The van der Waals surface area contributed by atoms with Crippen LogP contribution in [0.3, 0.4) is 0 Å². The van der Waals surface area contributed by atoms with Crippen LogP contribution in [0.15, 0.2) is 24.3 Å². The molecule has 1 aliphatic rings. The van der Waals surface area contributed by atoms with Crippen LogP contribution in [0, 0.1) is 0 Å². The van der Waals surface area contributed by atoms with Crippen molar-refractivity contribution in [3.63, 3.8) is 0 Å². The minimum Gasteiger partial charge on any atom is -0.477 e. The SMILES string of the molecule is O=C(O)C(F)(F)Cc1cccc(C2CC2)c1. The molecule has 1 fully saturated rings. The standard InChI is InChI=1S/C12H12F2O2/c13-12(14,11(15)16)7-8-2-1-3-10(6-8)9-4-5-9/h1-3,6,9H,4-5,7H2,(H,15,16). The van der Waals surface area contributed by atoms with Gasteiger partial charge in [0.05, 0.1) is 0 Å². The fourth-order valence-electron chi connectivity index (χ4n) is 1.71. The van der Waals surface area contributed by atoms with Crippen molar-refractivity contribution in [3.8, 4) is 0 Å². The Labute approximate surface area is 91.9 Å². The van der Waals surface area contributed by atoms with E-state index in [1.807, 2.05) is 6.07 Å². The first-order chi connectivity index (χ1) is 7.49. The van der Waals surface area contributed by atoms with Crippen LogP contribution in [-0.2, 0) is 11.2 Å². The molecule has 0 atom stereocenters. The topological polar surface area (TPSA) is 37.3 Å². The van der Waals surface area contributed by atoms with Crippen LogP contribution in [0.1, 0.15) is 29.9 Å². The van der Waals surface area contributed by atoms with Crippen molar-refractivity contribution >= 4 is 5.97 Å². The van der Waals surface area contributed by atoms with Crippen molar-refractivity contribution in [2.75, 3.05) is 0 Å². The van der Waals surface area contributed by atoms with Gasteiger partial charge in [0.15, 0.2) is 0 Å². The zero-order valence-corrected chi connectivity index (χ0v) is 8.62. The van der Waals surface area contributed by atoms with Gasteiger partial charge in [-0.3, -0.25) is 0 Å². The normalized spacial score (nSPS) is 16.1. The third-order valence-electron chi connectivity index (χ3n) is 2.74. The zero-order valence-electron chi connectivity index (χ0n) is 8.62. The molecule has 0 heterocycles. The first kappa shape index (κ1) is 11.0. The van der Waals surface area contributed by atoms with Crippen molar-refractivity contribution < 1.29 is 18.7 Å². The highest BCUT2D eigenvalue weighted by molar-refractivity contribution is 5.75. The van der Waals surface area contributed by atoms with Gasteiger partial charge in [-0.2, -0.15) is 8.78 Å². The predicted molar refractivity (Wildman–Crippen MR) is 54.7 cm³/mol. The Morgan fingerprint density at radius 3 is 2.69 bits per heavy atom. The summed E-state index contributed by atoms with van der Waals surface area (Å²) in [5, 5.41) is 8.34. The molecule has 1 aromatic carbocycles. The lowest BCUT2D eigenvalue weighted by atomic mass is 10.0. The molecule has 2 rings (SSSR count). The number of hydrogen-bond acceptors (Lipinski definition) is 1. The van der Waals surface area contributed by atoms with E-state index in [2.05, 4.69) is 0 Å². The Hall–Kier alpha value is -1.45. The molecule has 0 unspecified atom stereocenters. The lowest BCUT2D eigenvalue weighted by Gasteiger charge is -2.11. The molecule has 0 aromatic heterocycles. The monoisotopic (exact) mass is 226 g/mol. The van der Waals surface area contributed by atoms with Crippen LogP contribution in [0.25, 0.3) is 0 Å². The van der Waals surface area contributed by atoms with E-state index in [-0.39, 0.29) is 0 Å². The molecule has 0 bridgehead atoms. The summed E-state index contributed by atoms with van der Waals surface area (Å²) in [4.78, 5) is 10.3. The minimum atomic E-state index is -3.68. The average molecular weight is 226 g/mol. The highest BCUT2D eigenvalue weighted by Gasteiger charge is 2.38. The van der Waals surface area contributed by atoms with E-state index in [1.54, 1.807) is 18.2 Å². The van der Waals surface area contributed by atoms with E-state index in [4.69, 9.17) is 5.11 Å². The summed E-state index contributed by atoms with van der Waals surface area (Å²) in [6.07, 6.45) is 1.46. The van der Waals surface area contributed by atoms with Crippen molar-refractivity contribution in [2.24, 2.45) is 0 Å². The molecular weight excluding hydrogens is 214 g/mol. The number of hydrogen-bond donors (Lipinski definition) is 1. The molecule has 1 aromatic rings. The van der Waals surface area contributed by atoms with Gasteiger partial charge >= 0.3 is 11.9 Å². The number of benzene rings is 1. The Bertz CT molecular complexity index is 411. The van der Waals surface area contributed by atoms with E-state index in [1.165, 1.54) is 0 Å². The second-order valence-electron chi connectivity index (χ2n) is 4.21. The number of carbonyl (C=O) groups is 1. The molecule has 0 radical (unpaired) electrons. The molecule has 0 saturated heterocycles. The molecule has 1 saturated carbocycles. The van der Waals surface area contributed by atoms with Gasteiger partial charge in [0.1, 0.15) is 0 Å². The summed E-state index contributed by atoms with van der Waals surface area (Å²) in [6.45, 7) is 0. The van der Waals surface area contributed by atoms with E-state index < -0.39 is 18.3 Å². The summed E-state index contributed by atoms with van der Waals surface area (Å²) < 4.78 is 26.0. The largest absolute Gasteiger partial charge is 0.477 e. The number of alkyl halides is 2. The second-order valence-corrected chi connectivity index (χ2v) is 4.21. The number of aliphatic carboxylic acids is 1. The van der Waals surface area contributed by atoms with Gasteiger partial charge in [-0.15, -0.1) is 0 Å². The summed E-state index contributed by atoms with van der Waals surface area (Å²) in [5.41, 5.74) is 1.43. The average Bonchev–Trinajstić information content (AvgIpc) is 3.00. The number of carboxylic acid groups (broad SMARTS) is 1. The number of rotatable bonds is 4. The molecule has 0 aliphatic heterocycles. The first-order valence-corrected chi connectivity index (χ1v) is 5.19. The summed E-state index contributed by atoms with van der Waals surface area (Å²) in [7, 11) is 0. The number of carboxylic acids is 1. The predicted octanol–water partition coefficient (Wildman–Crippen LogP) is 2.83. The maximum Gasteiger partial charge on any atom is 0.374 e. The molecule has 1 N–H and O–H groups in total. The van der Waals surface area contributed by atoms with E-state index >= 15 is 0 Å². The van der Waals surface area contributed by atoms with Crippen molar-refractivity contribution in [3.05, 3.63) is 35.4 Å². The summed E-state index contributed by atoms with van der Waals surface area (Å²) in [5.74, 6) is -5.26. The molecule has 4 heteroatoms. The maximum absolute atomic E-state index is 13.0. The molecule has 1 aliphatic carbocycles. The fraction of sp³-hybridized carbons (Fsp3) is 0.417. The lowest BCUT2D eigenvalue weighted by Crippen LogP contribution is -2.30. The van der Waals surface area contributed by atoms with Crippen LogP contribution in [0.4, 0.5) is 8.78 Å². The molecule has 16 heavy (non-hydrogen) atoms. The minimum absolute atomic E-state index is 0.386. The van der Waals surface area contributed by atoms with E-state index in [9.17, 15) is 13.6 Å². The van der Waals surface area contributed by atoms with Crippen molar-refractivity contribution in [1.82, 2.24) is 0 Å². The van der Waals surface area contributed by atoms with Crippen LogP contribution < -0.4 is 0 Å². The van der Waals surface area contributed by atoms with Crippen LogP contribution in [0.2, 0.25) is 0 Å². The maximum atomic E-state index is 13.0. The molecule has 0 amide bonds. The van der Waals surface area contributed by atoms with Crippen molar-refractivity contribution in [1.29, 1.82) is 0 Å². The summed E-state index contributed by atoms with van der Waals surface area (Å²) in [6, 6.07) is 6.85. The summed E-state index contributed by atoms with van der Waals surface area (Å²) >= 11 is 0. The third-order valence-corrected chi connectivity index (χ3v) is 2.74. The lowest BCUT2D eigenvalue weighted by molar-refractivity contribution is -0.164. The quantitative estimate of drug-likeness (QED) is 0.857. The molecule has 2 nitrogen and oxygen atoms in total. The fourth-order valence-corrected chi connectivity index (χ4v) is 1.71. The van der Waals surface area contributed by atoms with Gasteiger partial charge < -0.3 is 5.11 Å². The van der Waals surface area contributed by atoms with Crippen LogP contribution in [-0.4, -0.2) is 17.0 Å². The molecule has 0 spiro atoms. The smallest absolute Gasteiger partial charge is 0.374 e. The first-order valence-electron chi connectivity index (χ1n) is 5.19. The van der Waals surface area contributed by atoms with Crippen molar-refractivity contribution in [2.45, 2.75) is 31.1 Å².